The molecule has 0 amide bonds. The molecule has 2 aromatic rings. The van der Waals surface area contributed by atoms with Gasteiger partial charge >= 0.3 is 0 Å². The summed E-state index contributed by atoms with van der Waals surface area (Å²) in [6.45, 7) is 0.775. The second kappa shape index (κ2) is 3.66. The highest BCUT2D eigenvalue weighted by molar-refractivity contribution is 5.29. The Hall–Kier alpha value is -1.78. The van der Waals surface area contributed by atoms with Gasteiger partial charge in [-0.3, -0.25) is 4.68 Å². The maximum atomic E-state index is 4.32. The molecule has 0 spiro atoms. The van der Waals surface area contributed by atoms with Gasteiger partial charge < -0.3 is 9.88 Å². The highest BCUT2D eigenvalue weighted by Gasteiger charge is 2.25. The van der Waals surface area contributed by atoms with Crippen molar-refractivity contribution in [2.24, 2.45) is 7.05 Å². The van der Waals surface area contributed by atoms with Crippen LogP contribution in [0.5, 0.6) is 0 Å². The van der Waals surface area contributed by atoms with E-state index >= 15 is 0 Å². The molecular weight excluding hydrogens is 202 g/mol. The molecule has 0 bridgehead atoms. The van der Waals surface area contributed by atoms with Crippen LogP contribution in [0.1, 0.15) is 24.4 Å². The summed E-state index contributed by atoms with van der Waals surface area (Å²) >= 11 is 0. The van der Waals surface area contributed by atoms with Gasteiger partial charge in [0, 0.05) is 43.8 Å². The van der Waals surface area contributed by atoms with Crippen molar-refractivity contribution in [1.82, 2.24) is 19.3 Å². The molecule has 84 valence electrons. The van der Waals surface area contributed by atoms with Gasteiger partial charge in [0.1, 0.15) is 0 Å². The zero-order valence-electron chi connectivity index (χ0n) is 9.30. The van der Waals surface area contributed by atoms with Crippen molar-refractivity contribution in [1.29, 1.82) is 0 Å². The summed E-state index contributed by atoms with van der Waals surface area (Å²) in [4.78, 5) is 4.32. The minimum absolute atomic E-state index is 0.666. The molecule has 5 nitrogen and oxygen atoms in total. The molecule has 1 saturated carbocycles. The van der Waals surface area contributed by atoms with Crippen LogP contribution in [0.4, 0.5) is 5.95 Å². The number of nitrogens with zero attached hydrogens (tertiary/aromatic N) is 4. The number of hydrogen-bond donors (Lipinski definition) is 1. The van der Waals surface area contributed by atoms with Crippen molar-refractivity contribution in [3.63, 3.8) is 0 Å². The SMILES string of the molecule is Cn1cc(CNc2nccn2C2CC2)cn1. The van der Waals surface area contributed by atoms with E-state index in [4.69, 9.17) is 0 Å². The van der Waals surface area contributed by atoms with Gasteiger partial charge in [-0.1, -0.05) is 0 Å². The van der Waals surface area contributed by atoms with Gasteiger partial charge in [-0.25, -0.2) is 4.98 Å². The van der Waals surface area contributed by atoms with E-state index in [1.54, 1.807) is 0 Å². The summed E-state index contributed by atoms with van der Waals surface area (Å²) < 4.78 is 4.03. The first-order chi connectivity index (χ1) is 7.83. The Morgan fingerprint density at radius 2 is 2.38 bits per heavy atom. The zero-order valence-corrected chi connectivity index (χ0v) is 9.30. The van der Waals surface area contributed by atoms with Crippen LogP contribution in [0, 0.1) is 0 Å². The van der Waals surface area contributed by atoms with Crippen LogP contribution in [-0.2, 0) is 13.6 Å². The van der Waals surface area contributed by atoms with E-state index in [1.807, 2.05) is 36.5 Å². The molecule has 3 rings (SSSR count). The molecule has 1 N–H and O–H groups in total. The fraction of sp³-hybridized carbons (Fsp3) is 0.455. The van der Waals surface area contributed by atoms with Crippen LogP contribution in [0.25, 0.3) is 0 Å². The van der Waals surface area contributed by atoms with Crippen LogP contribution in [0.3, 0.4) is 0 Å². The van der Waals surface area contributed by atoms with Crippen molar-refractivity contribution in [2.45, 2.75) is 25.4 Å². The summed E-state index contributed by atoms with van der Waals surface area (Å²) in [5.41, 5.74) is 1.17. The van der Waals surface area contributed by atoms with Crippen molar-refractivity contribution in [3.05, 3.63) is 30.4 Å². The van der Waals surface area contributed by atoms with Gasteiger partial charge in [-0.05, 0) is 12.8 Å². The number of nitrogens with one attached hydrogen (secondary N) is 1. The minimum atomic E-state index is 0.666. The molecule has 0 saturated heterocycles. The Balaban J connectivity index is 1.67. The first-order valence-electron chi connectivity index (χ1n) is 5.57. The monoisotopic (exact) mass is 217 g/mol. The number of anilines is 1. The van der Waals surface area contributed by atoms with Gasteiger partial charge in [-0.2, -0.15) is 5.10 Å². The van der Waals surface area contributed by atoms with E-state index in [9.17, 15) is 0 Å². The Bertz CT molecular complexity index is 480. The highest BCUT2D eigenvalue weighted by Crippen LogP contribution is 2.36. The maximum absolute atomic E-state index is 4.32. The van der Waals surface area contributed by atoms with Gasteiger partial charge in [0.05, 0.1) is 6.20 Å². The summed E-state index contributed by atoms with van der Waals surface area (Å²) in [7, 11) is 1.93. The molecule has 0 unspecified atom stereocenters. The van der Waals surface area contributed by atoms with Gasteiger partial charge in [0.15, 0.2) is 0 Å². The molecule has 16 heavy (non-hydrogen) atoms. The van der Waals surface area contributed by atoms with Crippen molar-refractivity contribution in [2.75, 3.05) is 5.32 Å². The number of imidazole rings is 1. The average Bonchev–Trinajstić information content (AvgIpc) is 2.86. The maximum Gasteiger partial charge on any atom is 0.203 e. The number of hydrogen-bond acceptors (Lipinski definition) is 3. The number of aryl methyl sites for hydroxylation is 1. The molecule has 2 aromatic heterocycles. The molecule has 0 aliphatic heterocycles. The summed E-state index contributed by atoms with van der Waals surface area (Å²) in [6, 6.07) is 0.666. The molecule has 0 atom stereocenters. The smallest absolute Gasteiger partial charge is 0.203 e. The largest absolute Gasteiger partial charge is 0.351 e. The lowest BCUT2D eigenvalue weighted by Crippen LogP contribution is -2.05. The van der Waals surface area contributed by atoms with E-state index in [0.717, 1.165) is 12.5 Å². The Morgan fingerprint density at radius 3 is 3.06 bits per heavy atom. The Kier molecular flexibility index (Phi) is 2.16. The first-order valence-corrected chi connectivity index (χ1v) is 5.57. The topological polar surface area (TPSA) is 47.7 Å². The third kappa shape index (κ3) is 1.80. The lowest BCUT2D eigenvalue weighted by molar-refractivity contribution is 0.743. The fourth-order valence-electron chi connectivity index (χ4n) is 1.84. The van der Waals surface area contributed by atoms with E-state index < -0.39 is 0 Å². The molecular formula is C11H15N5. The standard InChI is InChI=1S/C11H15N5/c1-15-8-9(7-14-15)6-13-11-12-4-5-16(11)10-2-3-10/h4-5,7-8,10H,2-3,6H2,1H3,(H,12,13). The second-order valence-electron chi connectivity index (χ2n) is 4.27. The Morgan fingerprint density at radius 1 is 1.50 bits per heavy atom. The normalized spacial score (nSPS) is 15.3. The van der Waals surface area contributed by atoms with E-state index in [1.165, 1.54) is 18.4 Å². The predicted molar refractivity (Wildman–Crippen MR) is 61.0 cm³/mol. The third-order valence-electron chi connectivity index (χ3n) is 2.82. The predicted octanol–water partition coefficient (Wildman–Crippen LogP) is 1.56. The van der Waals surface area contributed by atoms with Crippen LogP contribution in [-0.4, -0.2) is 19.3 Å². The first kappa shape index (κ1) is 9.45. The van der Waals surface area contributed by atoms with Gasteiger partial charge in [-0.15, -0.1) is 0 Å². The zero-order chi connectivity index (χ0) is 11.0. The highest BCUT2D eigenvalue weighted by atomic mass is 15.3. The lowest BCUT2D eigenvalue weighted by Gasteiger charge is -2.07. The molecule has 5 heteroatoms. The van der Waals surface area contributed by atoms with Crippen LogP contribution < -0.4 is 5.32 Å². The molecule has 0 radical (unpaired) electrons. The summed E-state index contributed by atoms with van der Waals surface area (Å²) in [5.74, 6) is 0.964. The Labute approximate surface area is 94.1 Å². The minimum Gasteiger partial charge on any atom is -0.351 e. The fourth-order valence-corrected chi connectivity index (χ4v) is 1.84. The van der Waals surface area contributed by atoms with Crippen molar-refractivity contribution in [3.8, 4) is 0 Å². The van der Waals surface area contributed by atoms with Gasteiger partial charge in [0.25, 0.3) is 0 Å². The van der Waals surface area contributed by atoms with Gasteiger partial charge in [0.2, 0.25) is 5.95 Å². The molecule has 0 aromatic carbocycles. The van der Waals surface area contributed by atoms with E-state index in [0.29, 0.717) is 6.04 Å². The van der Waals surface area contributed by atoms with Crippen molar-refractivity contribution < 1.29 is 0 Å². The second-order valence-corrected chi connectivity index (χ2v) is 4.27. The summed E-state index contributed by atoms with van der Waals surface area (Å²) in [5, 5.41) is 7.48. The van der Waals surface area contributed by atoms with E-state index in [2.05, 4.69) is 20.0 Å². The molecule has 1 aliphatic carbocycles. The van der Waals surface area contributed by atoms with Crippen LogP contribution in [0.15, 0.2) is 24.8 Å². The molecule has 1 fully saturated rings. The van der Waals surface area contributed by atoms with E-state index in [-0.39, 0.29) is 0 Å². The van der Waals surface area contributed by atoms with Crippen LogP contribution >= 0.6 is 0 Å². The number of aromatic nitrogens is 4. The third-order valence-corrected chi connectivity index (χ3v) is 2.82. The van der Waals surface area contributed by atoms with Crippen LogP contribution in [0.2, 0.25) is 0 Å². The average molecular weight is 217 g/mol. The molecule has 2 heterocycles. The number of rotatable bonds is 4. The van der Waals surface area contributed by atoms with Crippen molar-refractivity contribution >= 4 is 5.95 Å². The summed E-state index contributed by atoms with van der Waals surface area (Å²) in [6.07, 6.45) is 10.3. The quantitative estimate of drug-likeness (QED) is 0.845. The lowest BCUT2D eigenvalue weighted by atomic mass is 10.4. The molecule has 1 aliphatic rings.